The van der Waals surface area contributed by atoms with Crippen molar-refractivity contribution in [1.29, 1.82) is 0 Å². The van der Waals surface area contributed by atoms with Crippen molar-refractivity contribution < 1.29 is 4.92 Å². The standard InChI is InChI=1S/C23H25NO2/c1-18(21-14-12-20-13-15-22(20)17-21)8-5-3-2-4-6-9-19-10-7-11-23(16-19)24(25)26/h6-7,9-12,14,16-17H,1-5,8,13,15H2/b9-6-. The predicted octanol–water partition coefficient (Wildman–Crippen LogP) is 6.37. The van der Waals surface area contributed by atoms with E-state index in [1.165, 1.54) is 47.6 Å². The molecule has 0 atom stereocenters. The first kappa shape index (κ1) is 18.1. The van der Waals surface area contributed by atoms with E-state index in [-0.39, 0.29) is 10.6 Å². The molecule has 3 rings (SSSR count). The van der Waals surface area contributed by atoms with E-state index in [1.807, 2.05) is 12.1 Å². The van der Waals surface area contributed by atoms with E-state index < -0.39 is 0 Å². The molecule has 0 fully saturated rings. The Morgan fingerprint density at radius 3 is 2.65 bits per heavy atom. The number of unbranched alkanes of at least 4 members (excludes halogenated alkanes) is 3. The van der Waals surface area contributed by atoms with Crippen molar-refractivity contribution >= 4 is 17.3 Å². The monoisotopic (exact) mass is 347 g/mol. The van der Waals surface area contributed by atoms with Gasteiger partial charge in [-0.15, -0.1) is 0 Å². The highest BCUT2D eigenvalue weighted by Gasteiger charge is 2.13. The first-order valence-electron chi connectivity index (χ1n) is 9.34. The largest absolute Gasteiger partial charge is 0.270 e. The highest BCUT2D eigenvalue weighted by Crippen LogP contribution is 2.28. The van der Waals surface area contributed by atoms with Crippen molar-refractivity contribution in [2.45, 2.75) is 44.9 Å². The quantitative estimate of drug-likeness (QED) is 0.300. The Kier molecular flexibility index (Phi) is 6.00. The Labute approximate surface area is 155 Å². The zero-order valence-electron chi connectivity index (χ0n) is 15.1. The second-order valence-corrected chi connectivity index (χ2v) is 6.94. The molecule has 0 amide bonds. The summed E-state index contributed by atoms with van der Waals surface area (Å²) < 4.78 is 0. The van der Waals surface area contributed by atoms with Gasteiger partial charge in [-0.05, 0) is 66.4 Å². The van der Waals surface area contributed by atoms with Gasteiger partial charge in [-0.2, -0.15) is 0 Å². The minimum atomic E-state index is -0.358. The molecule has 0 unspecified atom stereocenters. The van der Waals surface area contributed by atoms with Crippen LogP contribution in [0.25, 0.3) is 11.6 Å². The summed E-state index contributed by atoms with van der Waals surface area (Å²) >= 11 is 0. The summed E-state index contributed by atoms with van der Waals surface area (Å²) in [6, 6.07) is 13.5. The summed E-state index contributed by atoms with van der Waals surface area (Å²) in [5, 5.41) is 10.8. The second-order valence-electron chi connectivity index (χ2n) is 6.94. The Morgan fingerprint density at radius 1 is 1.08 bits per heavy atom. The van der Waals surface area contributed by atoms with Crippen molar-refractivity contribution in [1.82, 2.24) is 0 Å². The molecular formula is C23H25NO2. The fourth-order valence-electron chi connectivity index (χ4n) is 3.30. The van der Waals surface area contributed by atoms with Gasteiger partial charge < -0.3 is 0 Å². The lowest BCUT2D eigenvalue weighted by Crippen LogP contribution is -2.08. The molecule has 0 aliphatic heterocycles. The number of aryl methyl sites for hydroxylation is 2. The average Bonchev–Trinajstić information content (AvgIpc) is 2.62. The number of nitro groups is 1. The molecule has 2 aromatic rings. The number of hydrogen-bond donors (Lipinski definition) is 0. The predicted molar refractivity (Wildman–Crippen MR) is 108 cm³/mol. The summed E-state index contributed by atoms with van der Waals surface area (Å²) in [7, 11) is 0. The minimum Gasteiger partial charge on any atom is -0.258 e. The van der Waals surface area contributed by atoms with Gasteiger partial charge in [-0.25, -0.2) is 0 Å². The Balaban J connectivity index is 1.35. The smallest absolute Gasteiger partial charge is 0.258 e. The Morgan fingerprint density at radius 2 is 1.92 bits per heavy atom. The van der Waals surface area contributed by atoms with Crippen LogP contribution in [0.1, 0.15) is 54.4 Å². The van der Waals surface area contributed by atoms with Crippen LogP contribution in [0, 0.1) is 10.1 Å². The Bertz CT molecular complexity index is 836. The molecule has 0 saturated heterocycles. The molecule has 0 aromatic heterocycles. The van der Waals surface area contributed by atoms with Crippen LogP contribution in [0.3, 0.4) is 0 Å². The molecule has 0 N–H and O–H groups in total. The number of fused-ring (bicyclic) bond motifs is 1. The van der Waals surface area contributed by atoms with Crippen LogP contribution in [0.2, 0.25) is 0 Å². The number of rotatable bonds is 9. The third-order valence-corrected chi connectivity index (χ3v) is 5.02. The number of nitrogens with zero attached hydrogens (tertiary/aromatic N) is 1. The normalized spacial score (nSPS) is 12.6. The third kappa shape index (κ3) is 4.69. The summed E-state index contributed by atoms with van der Waals surface area (Å²) in [6.07, 6.45) is 12.0. The fourth-order valence-corrected chi connectivity index (χ4v) is 3.30. The summed E-state index contributed by atoms with van der Waals surface area (Å²) in [4.78, 5) is 10.4. The molecule has 0 bridgehead atoms. The maximum absolute atomic E-state index is 10.8. The number of non-ortho nitro benzene ring substituents is 1. The van der Waals surface area contributed by atoms with Crippen LogP contribution in [0.5, 0.6) is 0 Å². The molecule has 26 heavy (non-hydrogen) atoms. The van der Waals surface area contributed by atoms with Gasteiger partial charge in [0.2, 0.25) is 0 Å². The van der Waals surface area contributed by atoms with E-state index in [9.17, 15) is 10.1 Å². The Hall–Kier alpha value is -2.68. The van der Waals surface area contributed by atoms with Gasteiger partial charge in [0, 0.05) is 12.1 Å². The van der Waals surface area contributed by atoms with Crippen molar-refractivity contribution in [2.24, 2.45) is 0 Å². The summed E-state index contributed by atoms with van der Waals surface area (Å²) in [5.41, 5.74) is 6.56. The lowest BCUT2D eigenvalue weighted by Gasteiger charge is -2.20. The molecule has 3 heteroatoms. The first-order valence-corrected chi connectivity index (χ1v) is 9.34. The van der Waals surface area contributed by atoms with Gasteiger partial charge in [-0.1, -0.05) is 55.5 Å². The van der Waals surface area contributed by atoms with Crippen LogP contribution in [-0.4, -0.2) is 4.92 Å². The van der Waals surface area contributed by atoms with Crippen LogP contribution in [0.4, 0.5) is 5.69 Å². The SMILES string of the molecule is C=C(CCCCC/C=C\c1cccc([N+](=O)[O-])c1)c1ccc2c(c1)CC2. The zero-order chi connectivity index (χ0) is 18.4. The van der Waals surface area contributed by atoms with Crippen LogP contribution >= 0.6 is 0 Å². The van der Waals surface area contributed by atoms with E-state index in [1.54, 1.807) is 12.1 Å². The topological polar surface area (TPSA) is 43.1 Å². The second kappa shape index (κ2) is 8.61. The van der Waals surface area contributed by atoms with Gasteiger partial charge in [0.05, 0.1) is 4.92 Å². The fraction of sp³-hybridized carbons (Fsp3) is 0.304. The van der Waals surface area contributed by atoms with Crippen LogP contribution in [-0.2, 0) is 12.8 Å². The molecule has 0 heterocycles. The molecule has 0 spiro atoms. The van der Waals surface area contributed by atoms with Crippen molar-refractivity contribution in [3.63, 3.8) is 0 Å². The van der Waals surface area contributed by atoms with Crippen molar-refractivity contribution in [2.75, 3.05) is 0 Å². The number of hydrogen-bond acceptors (Lipinski definition) is 2. The van der Waals surface area contributed by atoms with Gasteiger partial charge in [0.25, 0.3) is 5.69 Å². The molecular weight excluding hydrogens is 322 g/mol. The van der Waals surface area contributed by atoms with Gasteiger partial charge in [0.15, 0.2) is 0 Å². The van der Waals surface area contributed by atoms with E-state index in [0.717, 1.165) is 31.2 Å². The zero-order valence-corrected chi connectivity index (χ0v) is 15.1. The molecule has 2 aromatic carbocycles. The molecule has 1 aliphatic rings. The average molecular weight is 347 g/mol. The van der Waals surface area contributed by atoms with Gasteiger partial charge >= 0.3 is 0 Å². The molecule has 134 valence electrons. The number of benzene rings is 2. The van der Waals surface area contributed by atoms with Crippen molar-refractivity contribution in [3.8, 4) is 0 Å². The highest BCUT2D eigenvalue weighted by atomic mass is 16.6. The van der Waals surface area contributed by atoms with E-state index in [0.29, 0.717) is 0 Å². The lowest BCUT2D eigenvalue weighted by molar-refractivity contribution is -0.384. The van der Waals surface area contributed by atoms with E-state index in [2.05, 4.69) is 30.9 Å². The van der Waals surface area contributed by atoms with Gasteiger partial charge in [-0.3, -0.25) is 10.1 Å². The molecule has 1 aliphatic carbocycles. The lowest BCUT2D eigenvalue weighted by atomic mass is 9.85. The van der Waals surface area contributed by atoms with Gasteiger partial charge in [0.1, 0.15) is 0 Å². The summed E-state index contributed by atoms with van der Waals surface area (Å²) in [6.45, 7) is 4.25. The summed E-state index contributed by atoms with van der Waals surface area (Å²) in [5.74, 6) is 0. The van der Waals surface area contributed by atoms with Crippen LogP contribution < -0.4 is 0 Å². The van der Waals surface area contributed by atoms with Crippen molar-refractivity contribution in [3.05, 3.63) is 87.5 Å². The first-order chi connectivity index (χ1) is 12.6. The molecule has 3 nitrogen and oxygen atoms in total. The maximum atomic E-state index is 10.8. The minimum absolute atomic E-state index is 0.140. The number of allylic oxidation sites excluding steroid dienone is 2. The maximum Gasteiger partial charge on any atom is 0.270 e. The highest BCUT2D eigenvalue weighted by molar-refractivity contribution is 5.65. The molecule has 0 saturated carbocycles. The number of nitro benzene ring substituents is 1. The molecule has 0 radical (unpaired) electrons. The van der Waals surface area contributed by atoms with E-state index in [4.69, 9.17) is 0 Å². The van der Waals surface area contributed by atoms with Crippen LogP contribution in [0.15, 0.2) is 55.1 Å². The van der Waals surface area contributed by atoms with E-state index >= 15 is 0 Å². The third-order valence-electron chi connectivity index (χ3n) is 5.02.